The average Bonchev–Trinajstić information content (AvgIpc) is 2.04. The second-order valence-corrected chi connectivity index (χ2v) is 2.99. The number of halogens is 1. The van der Waals surface area contributed by atoms with Gasteiger partial charge in [-0.1, -0.05) is 22.0 Å². The molecule has 0 atom stereocenters. The molecule has 0 aromatic heterocycles. The highest BCUT2D eigenvalue weighted by Crippen LogP contribution is 2.15. The Morgan fingerprint density at radius 3 is 2.82 bits per heavy atom. The van der Waals surface area contributed by atoms with Gasteiger partial charge in [0, 0.05) is 4.47 Å². The number of nitrogens with zero attached hydrogens (tertiary/aromatic N) is 1. The van der Waals surface area contributed by atoms with E-state index in [1.807, 2.05) is 6.07 Å². The van der Waals surface area contributed by atoms with Crippen LogP contribution in [0.1, 0.15) is 11.1 Å². The molecule has 0 unspecified atom stereocenters. The van der Waals surface area contributed by atoms with Gasteiger partial charge in [0.2, 0.25) is 0 Å². The lowest BCUT2D eigenvalue weighted by Gasteiger charge is -1.98. The molecule has 0 bridgehead atoms. The Morgan fingerprint density at radius 2 is 2.27 bits per heavy atom. The molecule has 56 valence electrons. The quantitative estimate of drug-likeness (QED) is 0.771. The molecular formula is C8H6BrNO. The van der Waals surface area contributed by atoms with Gasteiger partial charge in [0.25, 0.3) is 0 Å². The zero-order valence-electron chi connectivity index (χ0n) is 5.71. The summed E-state index contributed by atoms with van der Waals surface area (Å²) in [4.78, 5) is 0. The minimum Gasteiger partial charge on any atom is -0.392 e. The van der Waals surface area contributed by atoms with Crippen molar-refractivity contribution in [1.29, 1.82) is 5.26 Å². The molecule has 0 saturated heterocycles. The number of hydrogen-bond acceptors (Lipinski definition) is 2. The van der Waals surface area contributed by atoms with Crippen LogP contribution in [0.2, 0.25) is 0 Å². The Labute approximate surface area is 73.2 Å². The predicted molar refractivity (Wildman–Crippen MR) is 44.8 cm³/mol. The smallest absolute Gasteiger partial charge is 0.0995 e. The maximum Gasteiger partial charge on any atom is 0.0995 e. The standard InChI is InChI=1S/C8H6BrNO/c9-8-2-1-6(5-11)7(3-8)4-10/h1-3,11H,5H2. The molecular weight excluding hydrogens is 206 g/mol. The van der Waals surface area contributed by atoms with Gasteiger partial charge in [0.05, 0.1) is 18.2 Å². The Bertz CT molecular complexity index is 303. The number of hydrogen-bond donors (Lipinski definition) is 1. The molecule has 0 spiro atoms. The van der Waals surface area contributed by atoms with Crippen molar-refractivity contribution < 1.29 is 5.11 Å². The van der Waals surface area contributed by atoms with E-state index in [-0.39, 0.29) is 6.61 Å². The summed E-state index contributed by atoms with van der Waals surface area (Å²) in [5.74, 6) is 0. The van der Waals surface area contributed by atoms with Crippen LogP contribution >= 0.6 is 15.9 Å². The maximum absolute atomic E-state index is 8.77. The van der Waals surface area contributed by atoms with E-state index in [1.54, 1.807) is 18.2 Å². The largest absolute Gasteiger partial charge is 0.392 e. The van der Waals surface area contributed by atoms with Gasteiger partial charge in [-0.25, -0.2) is 0 Å². The summed E-state index contributed by atoms with van der Waals surface area (Å²) in [6, 6.07) is 7.21. The first-order valence-corrected chi connectivity index (χ1v) is 3.86. The molecule has 0 aliphatic rings. The van der Waals surface area contributed by atoms with Crippen LogP contribution in [0.4, 0.5) is 0 Å². The third kappa shape index (κ3) is 1.79. The van der Waals surface area contributed by atoms with Crippen molar-refractivity contribution in [3.63, 3.8) is 0 Å². The van der Waals surface area contributed by atoms with Crippen molar-refractivity contribution in [1.82, 2.24) is 0 Å². The monoisotopic (exact) mass is 211 g/mol. The third-order valence-electron chi connectivity index (χ3n) is 1.36. The zero-order chi connectivity index (χ0) is 8.27. The van der Waals surface area contributed by atoms with E-state index in [4.69, 9.17) is 10.4 Å². The number of benzene rings is 1. The molecule has 0 aliphatic heterocycles. The minimum atomic E-state index is -0.0871. The topological polar surface area (TPSA) is 44.0 Å². The first-order valence-electron chi connectivity index (χ1n) is 3.07. The van der Waals surface area contributed by atoms with Crippen molar-refractivity contribution in [3.8, 4) is 6.07 Å². The van der Waals surface area contributed by atoms with E-state index in [0.717, 1.165) is 4.47 Å². The lowest BCUT2D eigenvalue weighted by atomic mass is 10.1. The summed E-state index contributed by atoms with van der Waals surface area (Å²) in [6.07, 6.45) is 0. The first kappa shape index (κ1) is 8.25. The van der Waals surface area contributed by atoms with Gasteiger partial charge >= 0.3 is 0 Å². The van der Waals surface area contributed by atoms with E-state index in [0.29, 0.717) is 11.1 Å². The molecule has 0 fully saturated rings. The molecule has 0 radical (unpaired) electrons. The lowest BCUT2D eigenvalue weighted by molar-refractivity contribution is 0.281. The molecule has 1 rings (SSSR count). The fourth-order valence-electron chi connectivity index (χ4n) is 0.791. The van der Waals surface area contributed by atoms with Crippen LogP contribution in [0.15, 0.2) is 22.7 Å². The van der Waals surface area contributed by atoms with Crippen LogP contribution in [0.5, 0.6) is 0 Å². The van der Waals surface area contributed by atoms with Crippen molar-refractivity contribution >= 4 is 15.9 Å². The summed E-state index contributed by atoms with van der Waals surface area (Å²) in [5.41, 5.74) is 1.18. The second-order valence-electron chi connectivity index (χ2n) is 2.07. The highest BCUT2D eigenvalue weighted by Gasteiger charge is 1.99. The van der Waals surface area contributed by atoms with E-state index in [9.17, 15) is 0 Å². The molecule has 1 N–H and O–H groups in total. The minimum absolute atomic E-state index is 0.0871. The lowest BCUT2D eigenvalue weighted by Crippen LogP contribution is -1.88. The molecule has 0 aliphatic carbocycles. The van der Waals surface area contributed by atoms with Crippen LogP contribution in [0.25, 0.3) is 0 Å². The second kappa shape index (κ2) is 3.51. The Hall–Kier alpha value is -0.850. The van der Waals surface area contributed by atoms with Crippen LogP contribution < -0.4 is 0 Å². The molecule has 1 aromatic rings. The van der Waals surface area contributed by atoms with E-state index < -0.39 is 0 Å². The summed E-state index contributed by atoms with van der Waals surface area (Å²) in [6.45, 7) is -0.0871. The molecule has 0 saturated carbocycles. The molecule has 0 heterocycles. The third-order valence-corrected chi connectivity index (χ3v) is 1.86. The molecule has 3 heteroatoms. The van der Waals surface area contributed by atoms with Gasteiger partial charge in [0.15, 0.2) is 0 Å². The fraction of sp³-hybridized carbons (Fsp3) is 0.125. The van der Waals surface area contributed by atoms with Gasteiger partial charge in [-0.15, -0.1) is 0 Å². The molecule has 1 aromatic carbocycles. The predicted octanol–water partition coefficient (Wildman–Crippen LogP) is 1.81. The summed E-state index contributed by atoms with van der Waals surface area (Å²) in [5, 5.41) is 17.4. The van der Waals surface area contributed by atoms with Crippen molar-refractivity contribution in [3.05, 3.63) is 33.8 Å². The Morgan fingerprint density at radius 1 is 1.55 bits per heavy atom. The summed E-state index contributed by atoms with van der Waals surface area (Å²) >= 11 is 3.23. The van der Waals surface area contributed by atoms with Crippen LogP contribution in [0.3, 0.4) is 0 Å². The zero-order valence-corrected chi connectivity index (χ0v) is 7.30. The van der Waals surface area contributed by atoms with E-state index in [1.165, 1.54) is 0 Å². The van der Waals surface area contributed by atoms with Crippen LogP contribution in [-0.2, 0) is 6.61 Å². The Kier molecular flexibility index (Phi) is 2.64. The maximum atomic E-state index is 8.77. The molecule has 0 amide bonds. The van der Waals surface area contributed by atoms with Crippen molar-refractivity contribution in [2.24, 2.45) is 0 Å². The highest BCUT2D eigenvalue weighted by molar-refractivity contribution is 9.10. The fourth-order valence-corrected chi connectivity index (χ4v) is 1.15. The molecule has 2 nitrogen and oxygen atoms in total. The van der Waals surface area contributed by atoms with Gasteiger partial charge in [-0.2, -0.15) is 5.26 Å². The SMILES string of the molecule is N#Cc1cc(Br)ccc1CO. The van der Waals surface area contributed by atoms with E-state index >= 15 is 0 Å². The van der Waals surface area contributed by atoms with Gasteiger partial charge in [0.1, 0.15) is 0 Å². The van der Waals surface area contributed by atoms with Crippen LogP contribution in [0, 0.1) is 11.3 Å². The van der Waals surface area contributed by atoms with E-state index in [2.05, 4.69) is 15.9 Å². The van der Waals surface area contributed by atoms with Gasteiger partial charge < -0.3 is 5.11 Å². The van der Waals surface area contributed by atoms with Gasteiger partial charge in [-0.05, 0) is 17.7 Å². The summed E-state index contributed by atoms with van der Waals surface area (Å²) < 4.78 is 0.853. The van der Waals surface area contributed by atoms with Crippen LogP contribution in [-0.4, -0.2) is 5.11 Å². The number of aliphatic hydroxyl groups excluding tert-OH is 1. The number of nitriles is 1. The number of rotatable bonds is 1. The summed E-state index contributed by atoms with van der Waals surface area (Å²) in [7, 11) is 0. The van der Waals surface area contributed by atoms with Crippen molar-refractivity contribution in [2.75, 3.05) is 0 Å². The number of aliphatic hydroxyl groups is 1. The average molecular weight is 212 g/mol. The first-order chi connectivity index (χ1) is 5.27. The molecule has 11 heavy (non-hydrogen) atoms. The van der Waals surface area contributed by atoms with Gasteiger partial charge in [-0.3, -0.25) is 0 Å². The normalized spacial score (nSPS) is 9.18. The highest BCUT2D eigenvalue weighted by atomic mass is 79.9. The Balaban J connectivity index is 3.19. The van der Waals surface area contributed by atoms with Crippen molar-refractivity contribution in [2.45, 2.75) is 6.61 Å².